The first-order valence-electron chi connectivity index (χ1n) is 11.3. The molecule has 0 unspecified atom stereocenters. The van der Waals surface area contributed by atoms with Crippen molar-refractivity contribution in [1.82, 2.24) is 0 Å². The Kier molecular flexibility index (Phi) is 6.07. The Morgan fingerprint density at radius 2 is 0.818 bits per heavy atom. The largest absolute Gasteiger partial charge is 0.494 e. The maximum atomic E-state index is 6.49. The first-order valence-corrected chi connectivity index (χ1v) is 11.3. The first-order chi connectivity index (χ1) is 16.3. The van der Waals surface area contributed by atoms with E-state index in [0.29, 0.717) is 13.2 Å². The average molecular weight is 440 g/mol. The highest BCUT2D eigenvalue weighted by molar-refractivity contribution is 6.63. The fourth-order valence-electron chi connectivity index (χ4n) is 4.59. The van der Waals surface area contributed by atoms with E-state index in [1.165, 1.54) is 0 Å². The number of rotatable bonds is 4. The van der Waals surface area contributed by atoms with Gasteiger partial charge < -0.3 is 27.9 Å². The van der Waals surface area contributed by atoms with Gasteiger partial charge in [-0.15, -0.1) is 0 Å². The van der Waals surface area contributed by atoms with Gasteiger partial charge in [0.25, 0.3) is 0 Å². The van der Waals surface area contributed by atoms with Gasteiger partial charge in [0.05, 0.1) is 37.6 Å². The molecule has 0 amide bonds. The van der Waals surface area contributed by atoms with Gasteiger partial charge in [0.2, 0.25) is 0 Å². The molecule has 3 aromatic carbocycles. The van der Waals surface area contributed by atoms with Crippen LogP contribution in [0.1, 0.15) is 0 Å². The zero-order valence-electron chi connectivity index (χ0n) is 18.1. The average Bonchev–Trinajstić information content (AvgIpc) is 3.39. The van der Waals surface area contributed by atoms with Gasteiger partial charge >= 0.3 is 21.4 Å². The van der Waals surface area contributed by atoms with Crippen molar-refractivity contribution in [2.75, 3.05) is 13.2 Å². The second-order valence-corrected chi connectivity index (χ2v) is 8.44. The van der Waals surface area contributed by atoms with E-state index in [2.05, 4.69) is 0 Å². The molecule has 3 aromatic rings. The summed E-state index contributed by atoms with van der Waals surface area (Å²) in [7, 11) is -1.44. The molecule has 0 bridgehead atoms. The monoisotopic (exact) mass is 440 g/mol. The van der Waals surface area contributed by atoms with Gasteiger partial charge in [-0.1, -0.05) is 91.0 Å². The molecule has 0 spiro atoms. The van der Waals surface area contributed by atoms with Crippen LogP contribution in [0, 0.1) is 0 Å². The third-order valence-corrected chi connectivity index (χ3v) is 6.25. The number of fused-ring (bicyclic) bond motifs is 1. The molecule has 164 valence electrons. The summed E-state index contributed by atoms with van der Waals surface area (Å²) in [6.45, 7) is 0.818. The molecule has 3 aliphatic heterocycles. The van der Waals surface area contributed by atoms with E-state index in [-0.39, 0.29) is 24.4 Å². The molecule has 0 aromatic heterocycles. The van der Waals surface area contributed by atoms with Crippen molar-refractivity contribution in [2.24, 2.45) is 0 Å². The summed E-state index contributed by atoms with van der Waals surface area (Å²) in [5, 5.41) is 0. The molecule has 0 N–H and O–H groups in total. The third kappa shape index (κ3) is 4.40. The Morgan fingerprint density at radius 3 is 1.30 bits per heavy atom. The summed E-state index contributed by atoms with van der Waals surface area (Å²) in [5.41, 5.74) is 2.90. The van der Waals surface area contributed by atoms with Crippen molar-refractivity contribution in [3.63, 3.8) is 0 Å². The molecule has 0 radical (unpaired) electrons. The molecule has 33 heavy (non-hydrogen) atoms. The van der Waals surface area contributed by atoms with E-state index in [1.54, 1.807) is 0 Å². The van der Waals surface area contributed by atoms with E-state index in [9.17, 15) is 0 Å². The molecular formula is C24H23B3O6. The highest BCUT2D eigenvalue weighted by atomic mass is 16.7. The first kappa shape index (κ1) is 21.2. The van der Waals surface area contributed by atoms with Crippen LogP contribution in [0.2, 0.25) is 0 Å². The summed E-state index contributed by atoms with van der Waals surface area (Å²) in [5.74, 6) is 0. The Bertz CT molecular complexity index is 1040. The zero-order valence-corrected chi connectivity index (χ0v) is 18.1. The number of hydrogen-bond donors (Lipinski definition) is 0. The van der Waals surface area contributed by atoms with Gasteiger partial charge in [0.15, 0.2) is 0 Å². The van der Waals surface area contributed by atoms with Gasteiger partial charge in [-0.2, -0.15) is 0 Å². The topological polar surface area (TPSA) is 55.4 Å². The third-order valence-electron chi connectivity index (χ3n) is 6.25. The Hall–Kier alpha value is -2.39. The number of hydrogen-bond acceptors (Lipinski definition) is 6. The maximum Gasteiger partial charge on any atom is 0.494 e. The summed E-state index contributed by atoms with van der Waals surface area (Å²) in [6, 6.07) is 29.8. The van der Waals surface area contributed by atoms with Crippen LogP contribution in [-0.2, 0) is 27.9 Å². The lowest BCUT2D eigenvalue weighted by Gasteiger charge is -2.46. The molecule has 3 saturated heterocycles. The van der Waals surface area contributed by atoms with Gasteiger partial charge in [0, 0.05) is 0 Å². The SMILES string of the molecule is c1ccc(B2OC[C@H]3OB(c4ccccc4)O[C@@H]([C@H]4COB(c5ccccc5)O4)[C@H]3O2)cc1. The molecular weight excluding hydrogens is 417 g/mol. The van der Waals surface area contributed by atoms with Crippen LogP contribution in [-0.4, -0.2) is 59.0 Å². The van der Waals surface area contributed by atoms with Crippen LogP contribution in [0.25, 0.3) is 0 Å². The predicted molar refractivity (Wildman–Crippen MR) is 127 cm³/mol. The summed E-state index contributed by atoms with van der Waals surface area (Å²) < 4.78 is 37.6. The van der Waals surface area contributed by atoms with Gasteiger partial charge in [0.1, 0.15) is 0 Å². The van der Waals surface area contributed by atoms with Crippen molar-refractivity contribution in [1.29, 1.82) is 0 Å². The lowest BCUT2D eigenvalue weighted by atomic mass is 9.73. The van der Waals surface area contributed by atoms with Crippen LogP contribution in [0.5, 0.6) is 0 Å². The van der Waals surface area contributed by atoms with E-state index >= 15 is 0 Å². The van der Waals surface area contributed by atoms with Crippen LogP contribution in [0.4, 0.5) is 0 Å². The molecule has 0 aliphatic carbocycles. The normalized spacial score (nSPS) is 27.5. The second-order valence-electron chi connectivity index (χ2n) is 8.44. The van der Waals surface area contributed by atoms with Crippen molar-refractivity contribution >= 4 is 37.7 Å². The van der Waals surface area contributed by atoms with Crippen molar-refractivity contribution in [2.45, 2.75) is 24.4 Å². The van der Waals surface area contributed by atoms with Crippen molar-refractivity contribution in [3.8, 4) is 0 Å². The Morgan fingerprint density at radius 1 is 0.455 bits per heavy atom. The van der Waals surface area contributed by atoms with Gasteiger partial charge in [-0.05, 0) is 16.4 Å². The second kappa shape index (κ2) is 9.47. The molecule has 0 saturated carbocycles. The standard InChI is InChI=1S/C24H23B3O6/c1-4-10-18(11-5-1)25-28-16-21(30-25)24-23-22(31-27(33-24)20-14-8-3-9-15-20)17-29-26(32-23)19-12-6-2-7-13-19/h1-15,21-24H,16-17H2/t21-,22-,23+,24+/m1/s1. The molecule has 6 rings (SSSR count). The van der Waals surface area contributed by atoms with Crippen LogP contribution < -0.4 is 16.4 Å². The predicted octanol–water partition coefficient (Wildman–Crippen LogP) is 0.787. The molecule has 6 nitrogen and oxygen atoms in total. The summed E-state index contributed by atoms with van der Waals surface area (Å²) in [4.78, 5) is 0. The zero-order chi connectivity index (χ0) is 22.0. The van der Waals surface area contributed by atoms with Gasteiger partial charge in [-0.25, -0.2) is 0 Å². The molecule has 4 atom stereocenters. The lowest BCUT2D eigenvalue weighted by molar-refractivity contribution is -0.146. The Labute approximate surface area is 194 Å². The van der Waals surface area contributed by atoms with E-state index < -0.39 is 21.4 Å². The van der Waals surface area contributed by atoms with Crippen LogP contribution in [0.15, 0.2) is 91.0 Å². The van der Waals surface area contributed by atoms with E-state index in [0.717, 1.165) is 16.4 Å². The summed E-state index contributed by atoms with van der Waals surface area (Å²) in [6.07, 6.45) is -1.31. The summed E-state index contributed by atoms with van der Waals surface area (Å²) >= 11 is 0. The Balaban J connectivity index is 1.26. The lowest BCUT2D eigenvalue weighted by Crippen LogP contribution is -2.66. The molecule has 3 aliphatic rings. The molecule has 3 heterocycles. The minimum Gasteiger partial charge on any atom is -0.405 e. The molecule has 9 heteroatoms. The maximum absolute atomic E-state index is 6.49. The minimum atomic E-state index is -0.530. The van der Waals surface area contributed by atoms with Crippen LogP contribution in [0.3, 0.4) is 0 Å². The van der Waals surface area contributed by atoms with E-state index in [4.69, 9.17) is 27.9 Å². The number of benzene rings is 3. The fraction of sp³-hybridized carbons (Fsp3) is 0.250. The highest BCUT2D eigenvalue weighted by Crippen LogP contribution is 2.30. The fourth-order valence-corrected chi connectivity index (χ4v) is 4.59. The van der Waals surface area contributed by atoms with Crippen LogP contribution >= 0.6 is 0 Å². The van der Waals surface area contributed by atoms with Gasteiger partial charge in [-0.3, -0.25) is 0 Å². The van der Waals surface area contributed by atoms with E-state index in [1.807, 2.05) is 91.0 Å². The minimum absolute atomic E-state index is 0.284. The smallest absolute Gasteiger partial charge is 0.405 e. The van der Waals surface area contributed by atoms with Crippen molar-refractivity contribution in [3.05, 3.63) is 91.0 Å². The quantitative estimate of drug-likeness (QED) is 0.560. The highest BCUT2D eigenvalue weighted by Gasteiger charge is 2.53. The van der Waals surface area contributed by atoms with Crippen molar-refractivity contribution < 1.29 is 27.9 Å². The molecule has 3 fully saturated rings.